The molecular formula is C15H19NO2. The van der Waals surface area contributed by atoms with Crippen molar-refractivity contribution in [1.29, 1.82) is 0 Å². The highest BCUT2D eigenvalue weighted by atomic mass is 16.6. The van der Waals surface area contributed by atoms with Gasteiger partial charge in [0.25, 0.3) is 0 Å². The summed E-state index contributed by atoms with van der Waals surface area (Å²) in [6.45, 7) is 1.70. The van der Waals surface area contributed by atoms with Gasteiger partial charge >= 0.3 is 6.09 Å². The molecular weight excluding hydrogens is 226 g/mol. The highest BCUT2D eigenvalue weighted by molar-refractivity contribution is 5.69. The van der Waals surface area contributed by atoms with Gasteiger partial charge in [0, 0.05) is 13.1 Å². The summed E-state index contributed by atoms with van der Waals surface area (Å²) in [5.74, 6) is 0. The van der Waals surface area contributed by atoms with E-state index in [0.29, 0.717) is 0 Å². The van der Waals surface area contributed by atoms with E-state index in [9.17, 15) is 4.79 Å². The lowest BCUT2D eigenvalue weighted by Crippen LogP contribution is -2.45. The molecule has 1 aliphatic carbocycles. The summed E-state index contributed by atoms with van der Waals surface area (Å²) in [7, 11) is 0. The van der Waals surface area contributed by atoms with Gasteiger partial charge in [-0.05, 0) is 37.7 Å². The summed E-state index contributed by atoms with van der Waals surface area (Å²) < 4.78 is 5.88. The second kappa shape index (κ2) is 4.63. The van der Waals surface area contributed by atoms with Crippen LogP contribution in [0.4, 0.5) is 4.79 Å². The quantitative estimate of drug-likeness (QED) is 0.800. The minimum atomic E-state index is -0.367. The first-order valence-corrected chi connectivity index (χ1v) is 6.84. The van der Waals surface area contributed by atoms with Gasteiger partial charge in [0.15, 0.2) is 0 Å². The molecule has 3 heteroatoms. The number of nitrogens with zero attached hydrogens (tertiary/aromatic N) is 1. The minimum Gasteiger partial charge on any atom is -0.438 e. The van der Waals surface area contributed by atoms with E-state index in [-0.39, 0.29) is 11.7 Å². The molecule has 0 bridgehead atoms. The number of amides is 1. The Morgan fingerprint density at radius 1 is 1.06 bits per heavy atom. The van der Waals surface area contributed by atoms with E-state index in [0.717, 1.165) is 50.8 Å². The molecule has 1 amide bonds. The normalized spacial score (nSPS) is 21.4. The molecule has 2 aliphatic rings. The van der Waals surface area contributed by atoms with Gasteiger partial charge in [0.05, 0.1) is 0 Å². The molecule has 1 aliphatic heterocycles. The van der Waals surface area contributed by atoms with Crippen LogP contribution in [0.15, 0.2) is 30.3 Å². The molecule has 0 unspecified atom stereocenters. The fraction of sp³-hybridized carbons (Fsp3) is 0.533. The Morgan fingerprint density at radius 2 is 1.72 bits per heavy atom. The number of likely N-dealkylation sites (tertiary alicyclic amines) is 1. The molecule has 3 nitrogen and oxygen atoms in total. The Balaban J connectivity index is 1.80. The lowest BCUT2D eigenvalue weighted by molar-refractivity contribution is -0.0185. The van der Waals surface area contributed by atoms with Crippen molar-refractivity contribution in [2.45, 2.75) is 37.7 Å². The van der Waals surface area contributed by atoms with Gasteiger partial charge in [-0.1, -0.05) is 30.3 Å². The third kappa shape index (κ3) is 1.98. The zero-order valence-electron chi connectivity index (χ0n) is 10.6. The first-order valence-electron chi connectivity index (χ1n) is 6.84. The van der Waals surface area contributed by atoms with Crippen LogP contribution in [0.1, 0.15) is 37.7 Å². The van der Waals surface area contributed by atoms with Crippen LogP contribution in [0.2, 0.25) is 0 Å². The molecule has 96 valence electrons. The predicted octanol–water partition coefficient (Wildman–Crippen LogP) is 3.30. The van der Waals surface area contributed by atoms with Gasteiger partial charge < -0.3 is 9.64 Å². The summed E-state index contributed by atoms with van der Waals surface area (Å²) in [5, 5.41) is 0. The highest BCUT2D eigenvalue weighted by Crippen LogP contribution is 2.42. The average molecular weight is 245 g/mol. The molecule has 1 heterocycles. The highest BCUT2D eigenvalue weighted by Gasteiger charge is 2.41. The van der Waals surface area contributed by atoms with Crippen molar-refractivity contribution in [3.05, 3.63) is 35.9 Å². The smallest absolute Gasteiger partial charge is 0.410 e. The Bertz CT molecular complexity index is 419. The second-order valence-electron chi connectivity index (χ2n) is 5.28. The number of hydrogen-bond donors (Lipinski definition) is 0. The number of carbonyl (C=O) groups excluding carboxylic acids is 1. The SMILES string of the molecule is O=C(OC1(c2ccccc2)CCCC1)N1CCC1. The van der Waals surface area contributed by atoms with Crippen LogP contribution in [0.3, 0.4) is 0 Å². The molecule has 1 saturated carbocycles. The fourth-order valence-corrected chi connectivity index (χ4v) is 2.87. The third-order valence-corrected chi connectivity index (χ3v) is 4.11. The molecule has 3 rings (SSSR count). The van der Waals surface area contributed by atoms with Crippen molar-refractivity contribution in [1.82, 2.24) is 4.90 Å². The largest absolute Gasteiger partial charge is 0.438 e. The first-order chi connectivity index (χ1) is 8.80. The van der Waals surface area contributed by atoms with Crippen LogP contribution in [0.25, 0.3) is 0 Å². The first kappa shape index (κ1) is 11.6. The number of hydrogen-bond acceptors (Lipinski definition) is 2. The van der Waals surface area contributed by atoms with Crippen LogP contribution in [0.5, 0.6) is 0 Å². The van der Waals surface area contributed by atoms with E-state index in [4.69, 9.17) is 4.74 Å². The van der Waals surface area contributed by atoms with Gasteiger partial charge in [0.2, 0.25) is 0 Å². The van der Waals surface area contributed by atoms with Gasteiger partial charge in [-0.15, -0.1) is 0 Å². The average Bonchev–Trinajstić information content (AvgIpc) is 2.77. The summed E-state index contributed by atoms with van der Waals surface area (Å²) in [6, 6.07) is 10.2. The number of benzene rings is 1. The Kier molecular flexibility index (Phi) is 2.98. The Hall–Kier alpha value is -1.51. The monoisotopic (exact) mass is 245 g/mol. The third-order valence-electron chi connectivity index (χ3n) is 4.11. The van der Waals surface area contributed by atoms with Crippen molar-refractivity contribution >= 4 is 6.09 Å². The predicted molar refractivity (Wildman–Crippen MR) is 69.3 cm³/mol. The fourth-order valence-electron chi connectivity index (χ4n) is 2.87. The molecule has 1 aromatic rings. The Morgan fingerprint density at radius 3 is 2.28 bits per heavy atom. The topological polar surface area (TPSA) is 29.5 Å². The summed E-state index contributed by atoms with van der Waals surface area (Å²) in [5.41, 5.74) is 0.782. The van der Waals surface area contributed by atoms with Gasteiger partial charge in [-0.2, -0.15) is 0 Å². The van der Waals surface area contributed by atoms with E-state index in [1.54, 1.807) is 4.90 Å². The van der Waals surface area contributed by atoms with Crippen molar-refractivity contribution in [3.63, 3.8) is 0 Å². The maximum atomic E-state index is 12.1. The van der Waals surface area contributed by atoms with Crippen LogP contribution >= 0.6 is 0 Å². The lowest BCUT2D eigenvalue weighted by Gasteiger charge is -2.36. The molecule has 18 heavy (non-hydrogen) atoms. The van der Waals surface area contributed by atoms with E-state index in [1.165, 1.54) is 0 Å². The van der Waals surface area contributed by atoms with E-state index in [1.807, 2.05) is 18.2 Å². The number of ether oxygens (including phenoxy) is 1. The van der Waals surface area contributed by atoms with Gasteiger partial charge in [-0.25, -0.2) is 4.79 Å². The van der Waals surface area contributed by atoms with Crippen molar-refractivity contribution in [2.24, 2.45) is 0 Å². The molecule has 2 fully saturated rings. The van der Waals surface area contributed by atoms with E-state index in [2.05, 4.69) is 12.1 Å². The summed E-state index contributed by atoms with van der Waals surface area (Å²) in [4.78, 5) is 13.9. The van der Waals surface area contributed by atoms with Crippen molar-refractivity contribution in [3.8, 4) is 0 Å². The summed E-state index contributed by atoms with van der Waals surface area (Å²) >= 11 is 0. The van der Waals surface area contributed by atoms with Crippen LogP contribution < -0.4 is 0 Å². The molecule has 1 aromatic carbocycles. The molecule has 0 radical (unpaired) electrons. The van der Waals surface area contributed by atoms with Crippen LogP contribution in [-0.2, 0) is 10.3 Å². The van der Waals surface area contributed by atoms with Gasteiger partial charge in [0.1, 0.15) is 5.60 Å². The number of carbonyl (C=O) groups is 1. The molecule has 0 spiro atoms. The van der Waals surface area contributed by atoms with Crippen molar-refractivity contribution < 1.29 is 9.53 Å². The molecule has 0 aromatic heterocycles. The van der Waals surface area contributed by atoms with E-state index < -0.39 is 0 Å². The maximum absolute atomic E-state index is 12.1. The van der Waals surface area contributed by atoms with Crippen LogP contribution in [-0.4, -0.2) is 24.1 Å². The zero-order chi connectivity index (χ0) is 12.4. The lowest BCUT2D eigenvalue weighted by atomic mass is 9.92. The zero-order valence-corrected chi connectivity index (χ0v) is 10.6. The van der Waals surface area contributed by atoms with Gasteiger partial charge in [-0.3, -0.25) is 0 Å². The molecule has 1 saturated heterocycles. The minimum absolute atomic E-state index is 0.132. The Labute approximate surface area is 108 Å². The molecule has 0 atom stereocenters. The second-order valence-corrected chi connectivity index (χ2v) is 5.28. The molecule has 0 N–H and O–H groups in total. The standard InChI is InChI=1S/C15H19NO2/c17-14(16-11-6-12-16)18-15(9-4-5-10-15)13-7-2-1-3-8-13/h1-3,7-8H,4-6,9-12H2. The van der Waals surface area contributed by atoms with E-state index >= 15 is 0 Å². The number of rotatable bonds is 2. The maximum Gasteiger partial charge on any atom is 0.410 e. The summed E-state index contributed by atoms with van der Waals surface area (Å²) in [6.07, 6.45) is 5.16. The van der Waals surface area contributed by atoms with Crippen molar-refractivity contribution in [2.75, 3.05) is 13.1 Å². The van der Waals surface area contributed by atoms with Crippen LogP contribution in [0, 0.1) is 0 Å².